The molecule has 4 nitrogen and oxygen atoms in total. The van der Waals surface area contributed by atoms with Crippen LogP contribution in [0.15, 0.2) is 91.0 Å². The fourth-order valence-corrected chi connectivity index (χ4v) is 4.07. The fourth-order valence-electron chi connectivity index (χ4n) is 4.07. The van der Waals surface area contributed by atoms with Crippen LogP contribution in [-0.4, -0.2) is 37.3 Å². The summed E-state index contributed by atoms with van der Waals surface area (Å²) in [5, 5.41) is 9.92. The fraction of sp³-hybridized carbons (Fsp3) is 0.280. The van der Waals surface area contributed by atoms with E-state index in [4.69, 9.17) is 14.2 Å². The monoisotopic (exact) mass is 390 g/mol. The highest BCUT2D eigenvalue weighted by Crippen LogP contribution is 2.41. The van der Waals surface area contributed by atoms with Gasteiger partial charge in [-0.3, -0.25) is 0 Å². The first kappa shape index (κ1) is 19.8. The first-order valence-corrected chi connectivity index (χ1v) is 9.91. The van der Waals surface area contributed by atoms with Crippen LogP contribution in [0.5, 0.6) is 0 Å². The van der Waals surface area contributed by atoms with E-state index in [2.05, 4.69) is 36.4 Å². The van der Waals surface area contributed by atoms with Gasteiger partial charge in [0, 0.05) is 13.5 Å². The Morgan fingerprint density at radius 1 is 0.828 bits per heavy atom. The van der Waals surface area contributed by atoms with Gasteiger partial charge in [-0.15, -0.1) is 0 Å². The average Bonchev–Trinajstić information content (AvgIpc) is 3.16. The van der Waals surface area contributed by atoms with E-state index in [0.29, 0.717) is 6.42 Å². The van der Waals surface area contributed by atoms with E-state index in [0.717, 1.165) is 16.7 Å². The van der Waals surface area contributed by atoms with E-state index in [1.165, 1.54) is 0 Å². The van der Waals surface area contributed by atoms with Crippen molar-refractivity contribution in [3.8, 4) is 0 Å². The molecule has 4 rings (SSSR count). The van der Waals surface area contributed by atoms with Crippen LogP contribution in [-0.2, 0) is 19.8 Å². The van der Waals surface area contributed by atoms with E-state index in [9.17, 15) is 5.11 Å². The van der Waals surface area contributed by atoms with Crippen LogP contribution in [0.2, 0.25) is 0 Å². The first-order chi connectivity index (χ1) is 14.2. The Hall–Kier alpha value is -2.50. The van der Waals surface area contributed by atoms with Gasteiger partial charge in [0.1, 0.15) is 11.7 Å². The van der Waals surface area contributed by atoms with Gasteiger partial charge in [0.05, 0.1) is 12.7 Å². The number of aliphatic hydroxyl groups is 1. The predicted octanol–water partition coefficient (Wildman–Crippen LogP) is 4.12. The van der Waals surface area contributed by atoms with Gasteiger partial charge in [-0.05, 0) is 16.7 Å². The van der Waals surface area contributed by atoms with Crippen molar-refractivity contribution in [2.45, 2.75) is 30.5 Å². The Morgan fingerprint density at radius 3 is 1.69 bits per heavy atom. The second-order valence-electron chi connectivity index (χ2n) is 7.23. The lowest BCUT2D eigenvalue weighted by atomic mass is 9.80. The van der Waals surface area contributed by atoms with Gasteiger partial charge in [0.2, 0.25) is 0 Å². The molecule has 4 heteroatoms. The number of aliphatic hydroxyl groups excluding tert-OH is 1. The second kappa shape index (κ2) is 8.89. The summed E-state index contributed by atoms with van der Waals surface area (Å²) in [6.07, 6.45) is -0.928. The molecule has 1 aliphatic rings. The van der Waals surface area contributed by atoms with Crippen molar-refractivity contribution >= 4 is 0 Å². The number of benzene rings is 3. The molecule has 0 saturated carbocycles. The zero-order chi connectivity index (χ0) is 20.1. The molecule has 1 heterocycles. The standard InChI is InChI=1S/C25H26O4/c1-27-22-17-24(26)29-23(22)18-28-25(19-11-5-2-6-12-19,20-13-7-3-8-14-20)21-15-9-4-10-16-21/h2-16,22-24,26H,17-18H2,1H3/t22-,23+,24?/m0/s1. The highest BCUT2D eigenvalue weighted by molar-refractivity contribution is 5.47. The smallest absolute Gasteiger partial charge is 0.157 e. The third-order valence-electron chi connectivity index (χ3n) is 5.49. The molecule has 3 atom stereocenters. The van der Waals surface area contributed by atoms with E-state index in [-0.39, 0.29) is 18.8 Å². The van der Waals surface area contributed by atoms with Crippen LogP contribution < -0.4 is 0 Å². The number of rotatable bonds is 7. The summed E-state index contributed by atoms with van der Waals surface area (Å²) in [5.41, 5.74) is 2.29. The summed E-state index contributed by atoms with van der Waals surface area (Å²) in [5.74, 6) is 0. The summed E-state index contributed by atoms with van der Waals surface area (Å²) >= 11 is 0. The number of methoxy groups -OCH3 is 1. The van der Waals surface area contributed by atoms with Crippen molar-refractivity contribution in [3.63, 3.8) is 0 Å². The Bertz CT molecular complexity index is 786. The SMILES string of the molecule is CO[C@H]1CC(O)O[C@@H]1COC(c1ccccc1)(c1ccccc1)c1ccccc1. The summed E-state index contributed by atoms with van der Waals surface area (Å²) in [7, 11) is 1.64. The van der Waals surface area contributed by atoms with E-state index in [1.54, 1.807) is 7.11 Å². The molecule has 0 radical (unpaired) electrons. The molecule has 150 valence electrons. The summed E-state index contributed by atoms with van der Waals surface area (Å²) in [6.45, 7) is 0.286. The molecular formula is C25H26O4. The third-order valence-corrected chi connectivity index (χ3v) is 5.49. The molecule has 1 unspecified atom stereocenters. The Morgan fingerprint density at radius 2 is 1.28 bits per heavy atom. The van der Waals surface area contributed by atoms with Gasteiger partial charge in [0.25, 0.3) is 0 Å². The maximum atomic E-state index is 9.92. The topological polar surface area (TPSA) is 47.9 Å². The maximum absolute atomic E-state index is 9.92. The lowest BCUT2D eigenvalue weighted by Gasteiger charge is -2.37. The van der Waals surface area contributed by atoms with Gasteiger partial charge >= 0.3 is 0 Å². The minimum atomic E-state index is -0.826. The molecule has 0 aliphatic carbocycles. The highest BCUT2D eigenvalue weighted by Gasteiger charge is 2.41. The molecule has 1 aliphatic heterocycles. The largest absolute Gasteiger partial charge is 0.378 e. The quantitative estimate of drug-likeness (QED) is 0.617. The normalized spacial score (nSPS) is 21.9. The van der Waals surface area contributed by atoms with Crippen molar-refractivity contribution in [1.29, 1.82) is 0 Å². The number of hydrogen-bond donors (Lipinski definition) is 1. The first-order valence-electron chi connectivity index (χ1n) is 9.91. The summed E-state index contributed by atoms with van der Waals surface area (Å²) in [4.78, 5) is 0. The van der Waals surface area contributed by atoms with Crippen molar-refractivity contribution in [3.05, 3.63) is 108 Å². The van der Waals surface area contributed by atoms with Crippen LogP contribution in [0.1, 0.15) is 23.1 Å². The molecule has 0 spiro atoms. The molecule has 1 fully saturated rings. The molecule has 1 saturated heterocycles. The van der Waals surface area contributed by atoms with E-state index < -0.39 is 11.9 Å². The number of hydrogen-bond acceptors (Lipinski definition) is 4. The zero-order valence-corrected chi connectivity index (χ0v) is 16.5. The van der Waals surface area contributed by atoms with Crippen LogP contribution in [0.3, 0.4) is 0 Å². The van der Waals surface area contributed by atoms with Crippen molar-refractivity contribution in [1.82, 2.24) is 0 Å². The van der Waals surface area contributed by atoms with Gasteiger partial charge in [0.15, 0.2) is 6.29 Å². The van der Waals surface area contributed by atoms with Crippen LogP contribution >= 0.6 is 0 Å². The molecule has 0 bridgehead atoms. The molecule has 29 heavy (non-hydrogen) atoms. The minimum absolute atomic E-state index is 0.204. The molecular weight excluding hydrogens is 364 g/mol. The van der Waals surface area contributed by atoms with Crippen molar-refractivity contribution < 1.29 is 19.3 Å². The molecule has 3 aromatic rings. The van der Waals surface area contributed by atoms with Crippen LogP contribution in [0, 0.1) is 0 Å². The van der Waals surface area contributed by atoms with Crippen molar-refractivity contribution in [2.24, 2.45) is 0 Å². The Balaban J connectivity index is 1.80. The maximum Gasteiger partial charge on any atom is 0.157 e. The summed E-state index contributed by atoms with van der Waals surface area (Å²) < 4.78 is 17.9. The molecule has 0 amide bonds. The molecule has 0 aromatic heterocycles. The van der Waals surface area contributed by atoms with E-state index in [1.807, 2.05) is 54.6 Å². The van der Waals surface area contributed by atoms with Crippen LogP contribution in [0.4, 0.5) is 0 Å². The lowest BCUT2D eigenvalue weighted by molar-refractivity contribution is -0.132. The Labute approximate surface area is 171 Å². The third kappa shape index (κ3) is 3.98. The van der Waals surface area contributed by atoms with Gasteiger partial charge in [-0.25, -0.2) is 0 Å². The van der Waals surface area contributed by atoms with Gasteiger partial charge in [-0.2, -0.15) is 0 Å². The zero-order valence-electron chi connectivity index (χ0n) is 16.5. The summed E-state index contributed by atoms with van der Waals surface area (Å²) in [6, 6.07) is 30.6. The average molecular weight is 390 g/mol. The highest BCUT2D eigenvalue weighted by atomic mass is 16.6. The van der Waals surface area contributed by atoms with Crippen molar-refractivity contribution in [2.75, 3.05) is 13.7 Å². The lowest BCUT2D eigenvalue weighted by Crippen LogP contribution is -2.38. The van der Waals surface area contributed by atoms with E-state index >= 15 is 0 Å². The molecule has 1 N–H and O–H groups in total. The second-order valence-corrected chi connectivity index (χ2v) is 7.23. The van der Waals surface area contributed by atoms with Gasteiger partial charge < -0.3 is 19.3 Å². The van der Waals surface area contributed by atoms with Gasteiger partial charge in [-0.1, -0.05) is 91.0 Å². The minimum Gasteiger partial charge on any atom is -0.378 e. The Kier molecular flexibility index (Phi) is 6.07. The number of ether oxygens (including phenoxy) is 3. The molecule has 3 aromatic carbocycles. The van der Waals surface area contributed by atoms with Crippen LogP contribution in [0.25, 0.3) is 0 Å². The predicted molar refractivity (Wildman–Crippen MR) is 111 cm³/mol.